The fourth-order valence-corrected chi connectivity index (χ4v) is 1.70. The van der Waals surface area contributed by atoms with Gasteiger partial charge in [-0.15, -0.1) is 12.3 Å². The van der Waals surface area contributed by atoms with E-state index in [-0.39, 0.29) is 11.9 Å². The molecule has 17 heavy (non-hydrogen) atoms. The Kier molecular flexibility index (Phi) is 5.29. The summed E-state index contributed by atoms with van der Waals surface area (Å²) in [6.45, 7) is 3.98. The topological polar surface area (TPSA) is 29.1 Å². The van der Waals surface area contributed by atoms with Gasteiger partial charge in [-0.2, -0.15) is 0 Å². The van der Waals surface area contributed by atoms with Crippen molar-refractivity contribution in [1.29, 1.82) is 0 Å². The molecule has 1 amide bonds. The van der Waals surface area contributed by atoms with Crippen LogP contribution in [0.15, 0.2) is 24.3 Å². The van der Waals surface area contributed by atoms with E-state index in [1.54, 1.807) is 0 Å². The number of aryl methyl sites for hydroxylation is 2. The molecule has 0 aliphatic heterocycles. The second-order valence-corrected chi connectivity index (χ2v) is 4.37. The first kappa shape index (κ1) is 13.3. The van der Waals surface area contributed by atoms with Crippen LogP contribution in [0, 0.1) is 19.3 Å². The van der Waals surface area contributed by atoms with E-state index in [4.69, 9.17) is 6.42 Å². The Balaban J connectivity index is 2.36. The predicted octanol–water partition coefficient (Wildman–Crippen LogP) is 2.46. The molecular formula is C15H19NO. The second-order valence-electron chi connectivity index (χ2n) is 4.37. The minimum absolute atomic E-state index is 0.0602. The SMILES string of the molecule is C#CCC(C)NC(=O)CCc1cccc(C)c1. The van der Waals surface area contributed by atoms with Crippen LogP contribution in [0.4, 0.5) is 0 Å². The molecule has 0 radical (unpaired) electrons. The molecule has 2 nitrogen and oxygen atoms in total. The average Bonchev–Trinajstić information content (AvgIpc) is 2.27. The number of amides is 1. The zero-order valence-corrected chi connectivity index (χ0v) is 10.5. The van der Waals surface area contributed by atoms with E-state index in [2.05, 4.69) is 30.3 Å². The van der Waals surface area contributed by atoms with Crippen molar-refractivity contribution in [3.05, 3.63) is 35.4 Å². The first-order chi connectivity index (χ1) is 8.11. The number of rotatable bonds is 5. The molecule has 1 unspecified atom stereocenters. The van der Waals surface area contributed by atoms with Gasteiger partial charge in [0.05, 0.1) is 0 Å². The summed E-state index contributed by atoms with van der Waals surface area (Å²) in [6, 6.07) is 8.29. The van der Waals surface area contributed by atoms with Crippen LogP contribution in [-0.2, 0) is 11.2 Å². The van der Waals surface area contributed by atoms with Crippen molar-refractivity contribution in [2.24, 2.45) is 0 Å². The Morgan fingerprint density at radius 3 is 2.94 bits per heavy atom. The minimum atomic E-state index is 0.0602. The molecule has 0 heterocycles. The fraction of sp³-hybridized carbons (Fsp3) is 0.400. The predicted molar refractivity (Wildman–Crippen MR) is 70.6 cm³/mol. The van der Waals surface area contributed by atoms with E-state index in [1.807, 2.05) is 19.1 Å². The Hall–Kier alpha value is -1.75. The summed E-state index contributed by atoms with van der Waals surface area (Å²) in [5, 5.41) is 2.88. The highest BCUT2D eigenvalue weighted by atomic mass is 16.1. The van der Waals surface area contributed by atoms with Gasteiger partial charge in [0, 0.05) is 18.9 Å². The van der Waals surface area contributed by atoms with Crippen molar-refractivity contribution in [3.8, 4) is 12.3 Å². The molecule has 90 valence electrons. The van der Waals surface area contributed by atoms with E-state index < -0.39 is 0 Å². The quantitative estimate of drug-likeness (QED) is 0.772. The zero-order chi connectivity index (χ0) is 12.7. The molecule has 0 bridgehead atoms. The Bertz CT molecular complexity index is 417. The average molecular weight is 229 g/mol. The number of carbonyl (C=O) groups excluding carboxylic acids is 1. The summed E-state index contributed by atoms with van der Waals surface area (Å²) in [5.41, 5.74) is 2.42. The van der Waals surface area contributed by atoms with E-state index in [0.717, 1.165) is 6.42 Å². The van der Waals surface area contributed by atoms with E-state index >= 15 is 0 Å². The maximum atomic E-state index is 11.6. The van der Waals surface area contributed by atoms with Crippen LogP contribution < -0.4 is 5.32 Å². The maximum absolute atomic E-state index is 11.6. The van der Waals surface area contributed by atoms with Gasteiger partial charge in [-0.05, 0) is 25.8 Å². The molecule has 1 atom stereocenters. The summed E-state index contributed by atoms with van der Waals surface area (Å²) in [5.74, 6) is 2.60. The Morgan fingerprint density at radius 2 is 2.29 bits per heavy atom. The van der Waals surface area contributed by atoms with Crippen LogP contribution in [0.25, 0.3) is 0 Å². The third-order valence-electron chi connectivity index (χ3n) is 2.55. The fourth-order valence-electron chi connectivity index (χ4n) is 1.70. The zero-order valence-electron chi connectivity index (χ0n) is 10.5. The van der Waals surface area contributed by atoms with Gasteiger partial charge in [-0.3, -0.25) is 4.79 Å². The van der Waals surface area contributed by atoms with E-state index in [1.165, 1.54) is 11.1 Å². The largest absolute Gasteiger partial charge is 0.353 e. The highest BCUT2D eigenvalue weighted by Gasteiger charge is 2.06. The number of nitrogens with one attached hydrogen (secondary N) is 1. The van der Waals surface area contributed by atoms with Gasteiger partial charge in [0.25, 0.3) is 0 Å². The second kappa shape index (κ2) is 6.75. The van der Waals surface area contributed by atoms with Gasteiger partial charge in [-0.25, -0.2) is 0 Å². The van der Waals surface area contributed by atoms with Gasteiger partial charge in [0.1, 0.15) is 0 Å². The van der Waals surface area contributed by atoms with Crippen LogP contribution in [-0.4, -0.2) is 11.9 Å². The van der Waals surface area contributed by atoms with Crippen LogP contribution >= 0.6 is 0 Å². The van der Waals surface area contributed by atoms with Crippen LogP contribution in [0.1, 0.15) is 30.9 Å². The Morgan fingerprint density at radius 1 is 1.53 bits per heavy atom. The number of hydrogen-bond acceptors (Lipinski definition) is 1. The van der Waals surface area contributed by atoms with Gasteiger partial charge < -0.3 is 5.32 Å². The molecule has 0 saturated carbocycles. The number of benzene rings is 1. The minimum Gasteiger partial charge on any atom is -0.353 e. The number of terminal acetylenes is 1. The third kappa shape index (κ3) is 5.21. The smallest absolute Gasteiger partial charge is 0.220 e. The summed E-state index contributed by atoms with van der Waals surface area (Å²) in [4.78, 5) is 11.6. The van der Waals surface area contributed by atoms with Crippen molar-refractivity contribution in [1.82, 2.24) is 5.32 Å². The summed E-state index contributed by atoms with van der Waals surface area (Å²) < 4.78 is 0. The molecule has 1 N–H and O–H groups in total. The van der Waals surface area contributed by atoms with Crippen molar-refractivity contribution >= 4 is 5.91 Å². The first-order valence-corrected chi connectivity index (χ1v) is 5.90. The molecule has 0 aliphatic rings. The van der Waals surface area contributed by atoms with E-state index in [0.29, 0.717) is 12.8 Å². The molecule has 1 rings (SSSR count). The molecule has 1 aromatic rings. The van der Waals surface area contributed by atoms with Crippen LogP contribution in [0.2, 0.25) is 0 Å². The molecule has 0 aliphatic carbocycles. The highest BCUT2D eigenvalue weighted by Crippen LogP contribution is 2.06. The lowest BCUT2D eigenvalue weighted by atomic mass is 10.1. The van der Waals surface area contributed by atoms with Gasteiger partial charge >= 0.3 is 0 Å². The van der Waals surface area contributed by atoms with Crippen molar-refractivity contribution < 1.29 is 4.79 Å². The normalized spacial score (nSPS) is 11.6. The van der Waals surface area contributed by atoms with Crippen LogP contribution in [0.5, 0.6) is 0 Å². The highest BCUT2D eigenvalue weighted by molar-refractivity contribution is 5.76. The molecule has 1 aromatic carbocycles. The monoisotopic (exact) mass is 229 g/mol. The van der Waals surface area contributed by atoms with Crippen molar-refractivity contribution in [3.63, 3.8) is 0 Å². The third-order valence-corrected chi connectivity index (χ3v) is 2.55. The van der Waals surface area contributed by atoms with Gasteiger partial charge in [0.2, 0.25) is 5.91 Å². The molecule has 0 aromatic heterocycles. The summed E-state index contributed by atoms with van der Waals surface area (Å²) in [6.07, 6.45) is 7.05. The lowest BCUT2D eigenvalue weighted by Crippen LogP contribution is -2.32. The summed E-state index contributed by atoms with van der Waals surface area (Å²) in [7, 11) is 0. The number of carbonyl (C=O) groups is 1. The van der Waals surface area contributed by atoms with E-state index in [9.17, 15) is 4.79 Å². The first-order valence-electron chi connectivity index (χ1n) is 5.90. The van der Waals surface area contributed by atoms with Crippen molar-refractivity contribution in [2.75, 3.05) is 0 Å². The maximum Gasteiger partial charge on any atom is 0.220 e. The van der Waals surface area contributed by atoms with Gasteiger partial charge in [-0.1, -0.05) is 29.8 Å². The molecule has 0 saturated heterocycles. The number of hydrogen-bond donors (Lipinski definition) is 1. The summed E-state index contributed by atoms with van der Waals surface area (Å²) >= 11 is 0. The van der Waals surface area contributed by atoms with Gasteiger partial charge in [0.15, 0.2) is 0 Å². The molecule has 0 fully saturated rings. The lowest BCUT2D eigenvalue weighted by molar-refractivity contribution is -0.121. The molecule has 0 spiro atoms. The molecule has 2 heteroatoms. The standard InChI is InChI=1S/C15H19NO/c1-4-6-13(3)16-15(17)10-9-14-8-5-7-12(2)11-14/h1,5,7-8,11,13H,6,9-10H2,2-3H3,(H,16,17). The molecular weight excluding hydrogens is 210 g/mol. The van der Waals surface area contributed by atoms with Crippen LogP contribution in [0.3, 0.4) is 0 Å². The Labute approximate surface area is 103 Å². The lowest BCUT2D eigenvalue weighted by Gasteiger charge is -2.10. The van der Waals surface area contributed by atoms with Crippen molar-refractivity contribution in [2.45, 2.75) is 39.2 Å².